The number of amides is 1. The molecule has 3 aromatic rings. The van der Waals surface area contributed by atoms with Crippen molar-refractivity contribution in [1.82, 2.24) is 8.68 Å². The molecule has 1 aliphatic heterocycles. The van der Waals surface area contributed by atoms with Crippen LogP contribution in [0.2, 0.25) is 10.0 Å². The molecule has 1 amide bonds. The second-order valence-electron chi connectivity index (χ2n) is 6.84. The van der Waals surface area contributed by atoms with Gasteiger partial charge in [0, 0.05) is 35.4 Å². The highest BCUT2D eigenvalue weighted by atomic mass is 35.5. The summed E-state index contributed by atoms with van der Waals surface area (Å²) in [5.74, 6) is -0.655. The van der Waals surface area contributed by atoms with E-state index in [9.17, 15) is 13.2 Å². The lowest BCUT2D eigenvalue weighted by Gasteiger charge is -2.31. The molecule has 1 aliphatic rings. The van der Waals surface area contributed by atoms with Crippen molar-refractivity contribution in [2.75, 3.05) is 18.4 Å². The van der Waals surface area contributed by atoms with Gasteiger partial charge in [-0.15, -0.1) is 0 Å². The van der Waals surface area contributed by atoms with Gasteiger partial charge >= 0.3 is 0 Å². The molecule has 1 aromatic heterocycles. The van der Waals surface area contributed by atoms with Crippen LogP contribution in [0, 0.1) is 5.92 Å². The van der Waals surface area contributed by atoms with Gasteiger partial charge in [0.1, 0.15) is 4.90 Å². The van der Waals surface area contributed by atoms with E-state index in [1.54, 1.807) is 6.20 Å². The standard InChI is InChI=1S/C19H17Cl2N3O3S2/c20-14-3-5-16(21)18(9-14)29(26,27)24-7-1-2-12(11-24)19(25)23-15-4-6-17-13(8-15)10-22-28-17/h3-6,8-10,12H,1-2,7,11H2,(H,23,25)/t12-/m0/s1. The minimum Gasteiger partial charge on any atom is -0.326 e. The minimum absolute atomic E-state index is 0.0388. The van der Waals surface area contributed by atoms with E-state index in [0.717, 1.165) is 10.1 Å². The summed E-state index contributed by atoms with van der Waals surface area (Å²) in [4.78, 5) is 12.7. The summed E-state index contributed by atoms with van der Waals surface area (Å²) >= 11 is 13.4. The molecule has 2 heterocycles. The van der Waals surface area contributed by atoms with Crippen LogP contribution in [0.25, 0.3) is 10.1 Å². The smallest absolute Gasteiger partial charge is 0.244 e. The average Bonchev–Trinajstić information content (AvgIpc) is 3.17. The van der Waals surface area contributed by atoms with E-state index >= 15 is 0 Å². The molecule has 29 heavy (non-hydrogen) atoms. The van der Waals surface area contributed by atoms with Gasteiger partial charge in [-0.3, -0.25) is 4.79 Å². The Labute approximate surface area is 182 Å². The maximum Gasteiger partial charge on any atom is 0.244 e. The van der Waals surface area contributed by atoms with Crippen LogP contribution < -0.4 is 5.32 Å². The number of hydrogen-bond donors (Lipinski definition) is 1. The van der Waals surface area contributed by atoms with Crippen LogP contribution in [0.3, 0.4) is 0 Å². The van der Waals surface area contributed by atoms with E-state index in [1.807, 2.05) is 18.2 Å². The van der Waals surface area contributed by atoms with Crippen molar-refractivity contribution in [2.45, 2.75) is 17.7 Å². The molecule has 6 nitrogen and oxygen atoms in total. The van der Waals surface area contributed by atoms with Gasteiger partial charge in [-0.05, 0) is 60.8 Å². The summed E-state index contributed by atoms with van der Waals surface area (Å²) in [5, 5.41) is 4.25. The van der Waals surface area contributed by atoms with Crippen LogP contribution in [0.4, 0.5) is 5.69 Å². The number of nitrogens with zero attached hydrogens (tertiary/aromatic N) is 2. The van der Waals surface area contributed by atoms with Gasteiger partial charge in [0.15, 0.2) is 0 Å². The number of hydrogen-bond acceptors (Lipinski definition) is 5. The number of benzene rings is 2. The Morgan fingerprint density at radius 1 is 1.21 bits per heavy atom. The third-order valence-electron chi connectivity index (χ3n) is 4.89. The molecule has 2 aromatic carbocycles. The van der Waals surface area contributed by atoms with Gasteiger partial charge in [0.25, 0.3) is 0 Å². The molecule has 0 saturated carbocycles. The largest absolute Gasteiger partial charge is 0.326 e. The predicted octanol–water partition coefficient (Wildman–Crippen LogP) is 4.64. The van der Waals surface area contributed by atoms with E-state index in [0.29, 0.717) is 25.1 Å². The van der Waals surface area contributed by atoms with Crippen LogP contribution in [0.15, 0.2) is 47.5 Å². The number of fused-ring (bicyclic) bond motifs is 1. The third-order valence-corrected chi connectivity index (χ3v) is 8.25. The fourth-order valence-electron chi connectivity index (χ4n) is 3.38. The average molecular weight is 470 g/mol. The summed E-state index contributed by atoms with van der Waals surface area (Å²) in [6.45, 7) is 0.431. The zero-order valence-electron chi connectivity index (χ0n) is 15.1. The second kappa shape index (κ2) is 8.20. The summed E-state index contributed by atoms with van der Waals surface area (Å²) in [7, 11) is -3.85. The first-order chi connectivity index (χ1) is 13.8. The summed E-state index contributed by atoms with van der Waals surface area (Å²) in [6.07, 6.45) is 2.95. The van der Waals surface area contributed by atoms with Crippen molar-refractivity contribution in [2.24, 2.45) is 5.92 Å². The molecule has 152 valence electrons. The second-order valence-corrected chi connectivity index (χ2v) is 10.4. The third kappa shape index (κ3) is 4.27. The maximum atomic E-state index is 13.0. The van der Waals surface area contributed by atoms with E-state index in [4.69, 9.17) is 23.2 Å². The SMILES string of the molecule is O=C(Nc1ccc2sncc2c1)[C@H]1CCCN(S(=O)(=O)c2cc(Cl)ccc2Cl)C1. The molecule has 1 atom stereocenters. The molecule has 10 heteroatoms. The summed E-state index contributed by atoms with van der Waals surface area (Å²) < 4.78 is 32.6. The molecule has 1 saturated heterocycles. The van der Waals surface area contributed by atoms with Gasteiger partial charge < -0.3 is 5.32 Å². The number of piperidine rings is 1. The van der Waals surface area contributed by atoms with E-state index in [1.165, 1.54) is 34.0 Å². The first kappa shape index (κ1) is 20.6. The van der Waals surface area contributed by atoms with Crippen LogP contribution in [-0.2, 0) is 14.8 Å². The Bertz CT molecular complexity index is 1180. The van der Waals surface area contributed by atoms with Gasteiger partial charge in [-0.2, -0.15) is 8.68 Å². The van der Waals surface area contributed by atoms with Crippen LogP contribution >= 0.6 is 34.7 Å². The van der Waals surface area contributed by atoms with Gasteiger partial charge in [0.05, 0.1) is 15.6 Å². The Balaban J connectivity index is 1.51. The predicted molar refractivity (Wildman–Crippen MR) is 116 cm³/mol. The fourth-order valence-corrected chi connectivity index (χ4v) is 6.27. The molecule has 1 fully saturated rings. The number of aromatic nitrogens is 1. The zero-order chi connectivity index (χ0) is 20.6. The van der Waals surface area contributed by atoms with E-state index in [-0.39, 0.29) is 27.4 Å². The summed E-state index contributed by atoms with van der Waals surface area (Å²) in [5.41, 5.74) is 0.667. The lowest BCUT2D eigenvalue weighted by molar-refractivity contribution is -0.120. The lowest BCUT2D eigenvalue weighted by atomic mass is 9.98. The molecular formula is C19H17Cl2N3O3S2. The molecule has 0 unspecified atom stereocenters. The number of carbonyl (C=O) groups is 1. The number of nitrogens with one attached hydrogen (secondary N) is 1. The Hall–Kier alpha value is -1.71. The van der Waals surface area contributed by atoms with Crippen LogP contribution in [0.1, 0.15) is 12.8 Å². The van der Waals surface area contributed by atoms with Crippen molar-refractivity contribution in [3.05, 3.63) is 52.6 Å². The first-order valence-corrected chi connectivity index (χ1v) is 11.9. The highest BCUT2D eigenvalue weighted by Crippen LogP contribution is 2.31. The number of halogens is 2. The Morgan fingerprint density at radius 3 is 2.86 bits per heavy atom. The topological polar surface area (TPSA) is 79.4 Å². The lowest BCUT2D eigenvalue weighted by Crippen LogP contribution is -2.43. The number of carbonyl (C=O) groups excluding carboxylic acids is 1. The zero-order valence-corrected chi connectivity index (χ0v) is 18.3. The van der Waals surface area contributed by atoms with Crippen molar-refractivity contribution in [3.8, 4) is 0 Å². The van der Waals surface area contributed by atoms with E-state index < -0.39 is 15.9 Å². The van der Waals surface area contributed by atoms with Gasteiger partial charge in [-0.1, -0.05) is 23.2 Å². The van der Waals surface area contributed by atoms with E-state index in [2.05, 4.69) is 9.69 Å². The van der Waals surface area contributed by atoms with Gasteiger partial charge in [-0.25, -0.2) is 8.42 Å². The quantitative estimate of drug-likeness (QED) is 0.603. The highest BCUT2D eigenvalue weighted by Gasteiger charge is 2.34. The van der Waals surface area contributed by atoms with Crippen molar-refractivity contribution < 1.29 is 13.2 Å². The normalized spacial score (nSPS) is 18.1. The monoisotopic (exact) mass is 469 g/mol. The number of anilines is 1. The van der Waals surface area contributed by atoms with Crippen molar-refractivity contribution >= 4 is 66.4 Å². The fraction of sp³-hybridized carbons (Fsp3) is 0.263. The molecule has 4 rings (SSSR count). The molecular weight excluding hydrogens is 453 g/mol. The van der Waals surface area contributed by atoms with Crippen molar-refractivity contribution in [3.63, 3.8) is 0 Å². The van der Waals surface area contributed by atoms with Gasteiger partial charge in [0.2, 0.25) is 15.9 Å². The molecule has 0 spiro atoms. The number of sulfonamides is 1. The number of rotatable bonds is 4. The molecule has 0 aliphatic carbocycles. The molecule has 0 bridgehead atoms. The van der Waals surface area contributed by atoms with Crippen LogP contribution in [-0.4, -0.2) is 36.1 Å². The molecule has 1 N–H and O–H groups in total. The summed E-state index contributed by atoms with van der Waals surface area (Å²) in [6, 6.07) is 9.92. The maximum absolute atomic E-state index is 13.0. The Morgan fingerprint density at radius 2 is 2.03 bits per heavy atom. The highest BCUT2D eigenvalue weighted by molar-refractivity contribution is 7.89. The van der Waals surface area contributed by atoms with Crippen molar-refractivity contribution in [1.29, 1.82) is 0 Å². The Kier molecular flexibility index (Phi) is 5.81. The van der Waals surface area contributed by atoms with Crippen LogP contribution in [0.5, 0.6) is 0 Å². The minimum atomic E-state index is -3.85. The first-order valence-electron chi connectivity index (χ1n) is 8.95. The molecule has 0 radical (unpaired) electrons.